The summed E-state index contributed by atoms with van der Waals surface area (Å²) in [6.07, 6.45) is -0.400. The van der Waals surface area contributed by atoms with Crippen LogP contribution >= 0.6 is 11.3 Å². The fourth-order valence-electron chi connectivity index (χ4n) is 1.82. The smallest absolute Gasteiger partial charge is 0.407 e. The number of nitrogens with zero attached hydrogens (tertiary/aromatic N) is 1. The van der Waals surface area contributed by atoms with Crippen LogP contribution in [0.15, 0.2) is 12.1 Å². The van der Waals surface area contributed by atoms with Crippen LogP contribution in [0.2, 0.25) is 0 Å². The Kier molecular flexibility index (Phi) is 6.85. The van der Waals surface area contributed by atoms with E-state index in [1.54, 1.807) is 0 Å². The normalized spacial score (nSPS) is 12.8. The molecule has 1 aromatic rings. The largest absolute Gasteiger partial charge is 0.444 e. The fraction of sp³-hybridized carbons (Fsp3) is 0.625. The van der Waals surface area contributed by atoms with Crippen molar-refractivity contribution in [1.29, 1.82) is 5.26 Å². The minimum Gasteiger partial charge on any atom is -0.444 e. The van der Waals surface area contributed by atoms with Crippen LogP contribution in [-0.4, -0.2) is 24.3 Å². The molecule has 0 aliphatic carbocycles. The fourth-order valence-corrected chi connectivity index (χ4v) is 2.57. The van der Waals surface area contributed by atoms with Gasteiger partial charge in [0.25, 0.3) is 0 Å². The summed E-state index contributed by atoms with van der Waals surface area (Å²) < 4.78 is 5.24. The van der Waals surface area contributed by atoms with E-state index in [9.17, 15) is 4.79 Å². The molecular weight excluding hydrogens is 298 g/mol. The van der Waals surface area contributed by atoms with E-state index in [1.165, 1.54) is 11.3 Å². The van der Waals surface area contributed by atoms with Crippen LogP contribution in [0.4, 0.5) is 4.79 Å². The van der Waals surface area contributed by atoms with Crippen molar-refractivity contribution >= 4 is 17.4 Å². The predicted molar refractivity (Wildman–Crippen MR) is 88.7 cm³/mol. The minimum atomic E-state index is -0.491. The molecule has 0 spiro atoms. The Morgan fingerprint density at radius 1 is 1.41 bits per heavy atom. The van der Waals surface area contributed by atoms with Gasteiger partial charge in [-0.25, -0.2) is 4.79 Å². The molecule has 1 aromatic heterocycles. The third kappa shape index (κ3) is 6.92. The molecular formula is C16H25N3O2S. The van der Waals surface area contributed by atoms with Crippen molar-refractivity contribution in [3.63, 3.8) is 0 Å². The third-order valence-electron chi connectivity index (χ3n) is 2.98. The van der Waals surface area contributed by atoms with Crippen molar-refractivity contribution in [2.45, 2.75) is 52.8 Å². The molecule has 0 aliphatic rings. The standard InChI is InChI=1S/C16H25N3O2S/c1-11(2)14(10-19-15(20)21-16(3,4)5)18-9-13-7-6-12(8-17)22-13/h6-7,11,14,18H,9-10H2,1-5H3,(H,19,20). The maximum absolute atomic E-state index is 11.7. The highest BCUT2D eigenvalue weighted by Gasteiger charge is 2.19. The summed E-state index contributed by atoms with van der Waals surface area (Å²) in [5, 5.41) is 15.1. The second kappa shape index (κ2) is 8.16. The molecule has 1 heterocycles. The first-order valence-corrected chi connectivity index (χ1v) is 8.22. The third-order valence-corrected chi connectivity index (χ3v) is 3.97. The molecule has 0 aliphatic heterocycles. The van der Waals surface area contributed by atoms with E-state index in [2.05, 4.69) is 30.6 Å². The minimum absolute atomic E-state index is 0.139. The maximum Gasteiger partial charge on any atom is 0.407 e. The van der Waals surface area contributed by atoms with Crippen molar-refractivity contribution < 1.29 is 9.53 Å². The van der Waals surface area contributed by atoms with Gasteiger partial charge in [-0.2, -0.15) is 5.26 Å². The zero-order chi connectivity index (χ0) is 16.8. The number of rotatable bonds is 6. The number of nitrogens with one attached hydrogen (secondary N) is 2. The zero-order valence-electron chi connectivity index (χ0n) is 13.9. The van der Waals surface area contributed by atoms with Crippen LogP contribution in [0, 0.1) is 17.2 Å². The predicted octanol–water partition coefficient (Wildman–Crippen LogP) is 3.26. The Morgan fingerprint density at radius 2 is 2.09 bits per heavy atom. The molecule has 0 saturated heterocycles. The van der Waals surface area contributed by atoms with Gasteiger partial charge in [0.05, 0.1) is 0 Å². The van der Waals surface area contributed by atoms with Gasteiger partial charge in [0.1, 0.15) is 16.5 Å². The SMILES string of the molecule is CC(C)C(CNC(=O)OC(C)(C)C)NCc1ccc(C#N)s1. The maximum atomic E-state index is 11.7. The molecule has 122 valence electrons. The molecule has 0 bridgehead atoms. The van der Waals surface area contributed by atoms with Gasteiger partial charge in [-0.15, -0.1) is 11.3 Å². The lowest BCUT2D eigenvalue weighted by molar-refractivity contribution is 0.0519. The van der Waals surface area contributed by atoms with E-state index in [4.69, 9.17) is 10.00 Å². The van der Waals surface area contributed by atoms with Crippen molar-refractivity contribution in [2.75, 3.05) is 6.54 Å². The lowest BCUT2D eigenvalue weighted by Gasteiger charge is -2.24. The number of thiophene rings is 1. The van der Waals surface area contributed by atoms with Gasteiger partial charge in [-0.1, -0.05) is 13.8 Å². The molecule has 0 radical (unpaired) electrons. The highest BCUT2D eigenvalue weighted by molar-refractivity contribution is 7.12. The van der Waals surface area contributed by atoms with E-state index in [-0.39, 0.29) is 6.04 Å². The Morgan fingerprint density at radius 3 is 2.59 bits per heavy atom. The average molecular weight is 323 g/mol. The number of carbonyl (C=O) groups excluding carboxylic acids is 1. The number of hydrogen-bond donors (Lipinski definition) is 2. The van der Waals surface area contributed by atoms with Crippen molar-refractivity contribution in [2.24, 2.45) is 5.92 Å². The van der Waals surface area contributed by atoms with Crippen molar-refractivity contribution in [1.82, 2.24) is 10.6 Å². The molecule has 2 N–H and O–H groups in total. The van der Waals surface area contributed by atoms with Crippen molar-refractivity contribution in [3.05, 3.63) is 21.9 Å². The van der Waals surface area contributed by atoms with E-state index >= 15 is 0 Å². The van der Waals surface area contributed by atoms with Crippen LogP contribution in [0.1, 0.15) is 44.4 Å². The number of nitriles is 1. The molecule has 5 nitrogen and oxygen atoms in total. The molecule has 6 heteroatoms. The van der Waals surface area contributed by atoms with Crippen LogP contribution in [0.25, 0.3) is 0 Å². The van der Waals surface area contributed by atoms with Gasteiger partial charge in [0, 0.05) is 24.0 Å². The lowest BCUT2D eigenvalue weighted by Crippen LogP contribution is -2.45. The Bertz CT molecular complexity index is 526. The topological polar surface area (TPSA) is 74.2 Å². The molecule has 0 aromatic carbocycles. The number of carbonyl (C=O) groups is 1. The summed E-state index contributed by atoms with van der Waals surface area (Å²) in [6, 6.07) is 6.05. The number of amides is 1. The summed E-state index contributed by atoms with van der Waals surface area (Å²) in [5.74, 6) is 0.366. The van der Waals surface area contributed by atoms with E-state index in [0.29, 0.717) is 23.9 Å². The molecule has 1 rings (SSSR count). The molecule has 0 fully saturated rings. The quantitative estimate of drug-likeness (QED) is 0.842. The van der Waals surface area contributed by atoms with Crippen LogP contribution in [-0.2, 0) is 11.3 Å². The highest BCUT2D eigenvalue weighted by atomic mass is 32.1. The van der Waals surface area contributed by atoms with Gasteiger partial charge >= 0.3 is 6.09 Å². The van der Waals surface area contributed by atoms with E-state index < -0.39 is 11.7 Å². The molecule has 1 amide bonds. The van der Waals surface area contributed by atoms with E-state index in [1.807, 2.05) is 32.9 Å². The Hall–Kier alpha value is -1.58. The second-order valence-electron chi connectivity index (χ2n) is 6.49. The van der Waals surface area contributed by atoms with Gasteiger partial charge in [0.15, 0.2) is 0 Å². The van der Waals surface area contributed by atoms with Gasteiger partial charge in [-0.05, 0) is 38.8 Å². The average Bonchev–Trinajstić information content (AvgIpc) is 2.84. The molecule has 1 unspecified atom stereocenters. The molecule has 22 heavy (non-hydrogen) atoms. The summed E-state index contributed by atoms with van der Waals surface area (Å²) in [5.41, 5.74) is -0.491. The monoisotopic (exact) mass is 323 g/mol. The number of hydrogen-bond acceptors (Lipinski definition) is 5. The Labute approximate surface area is 136 Å². The highest BCUT2D eigenvalue weighted by Crippen LogP contribution is 2.15. The zero-order valence-corrected chi connectivity index (χ0v) is 14.7. The van der Waals surface area contributed by atoms with Crippen LogP contribution in [0.5, 0.6) is 0 Å². The van der Waals surface area contributed by atoms with Crippen LogP contribution in [0.3, 0.4) is 0 Å². The number of alkyl carbamates (subject to hydrolysis) is 1. The first-order chi connectivity index (χ1) is 10.2. The second-order valence-corrected chi connectivity index (χ2v) is 7.66. The number of ether oxygens (including phenoxy) is 1. The lowest BCUT2D eigenvalue weighted by atomic mass is 10.0. The van der Waals surface area contributed by atoms with Gasteiger partial charge < -0.3 is 15.4 Å². The summed E-state index contributed by atoms with van der Waals surface area (Å²) in [6.45, 7) is 10.9. The van der Waals surface area contributed by atoms with Crippen LogP contribution < -0.4 is 10.6 Å². The first kappa shape index (κ1) is 18.5. The summed E-state index contributed by atoms with van der Waals surface area (Å²) in [4.78, 5) is 13.5. The summed E-state index contributed by atoms with van der Waals surface area (Å²) in [7, 11) is 0. The van der Waals surface area contributed by atoms with E-state index in [0.717, 1.165) is 4.88 Å². The van der Waals surface area contributed by atoms with Crippen molar-refractivity contribution in [3.8, 4) is 6.07 Å². The Balaban J connectivity index is 2.45. The summed E-state index contributed by atoms with van der Waals surface area (Å²) >= 11 is 1.48. The van der Waals surface area contributed by atoms with Gasteiger partial charge in [-0.3, -0.25) is 0 Å². The first-order valence-electron chi connectivity index (χ1n) is 7.40. The van der Waals surface area contributed by atoms with Gasteiger partial charge in [0.2, 0.25) is 0 Å². The molecule has 1 atom stereocenters. The molecule has 0 saturated carbocycles.